The molecule has 0 amide bonds. The van der Waals surface area contributed by atoms with E-state index >= 15 is 0 Å². The van der Waals surface area contributed by atoms with Gasteiger partial charge in [-0.1, -0.05) is 54.2 Å². The standard InChI is InChI=1S/C23H39IO2Si/c1-17(16-25-19-11-13-22(2,14-19)26-27(4,5)6)20-9-10-21-18(15-24)8-7-12-23(20,21)3/h11,13,15,17,19-21H,7-10,12,14,16H2,1-6H3/b18-15+/t17-,19-,20+,21?,22-,23+/m0/s1. The fraction of sp³-hybridized carbons (Fsp3) is 0.826. The topological polar surface area (TPSA) is 18.5 Å². The predicted octanol–water partition coefficient (Wildman–Crippen LogP) is 7.11. The second kappa shape index (κ2) is 8.23. The lowest BCUT2D eigenvalue weighted by molar-refractivity contribution is -0.00461. The summed E-state index contributed by atoms with van der Waals surface area (Å²) < 4.78 is 15.2. The molecule has 3 aliphatic rings. The van der Waals surface area contributed by atoms with Crippen molar-refractivity contribution in [2.75, 3.05) is 6.61 Å². The van der Waals surface area contributed by atoms with E-state index in [1.807, 2.05) is 0 Å². The molecule has 0 aromatic heterocycles. The van der Waals surface area contributed by atoms with Crippen LogP contribution < -0.4 is 0 Å². The minimum Gasteiger partial charge on any atom is -0.409 e. The van der Waals surface area contributed by atoms with Gasteiger partial charge in [-0.2, -0.15) is 0 Å². The Balaban J connectivity index is 1.55. The maximum Gasteiger partial charge on any atom is 0.184 e. The first-order valence-corrected chi connectivity index (χ1v) is 15.5. The molecule has 0 N–H and O–H groups in total. The highest BCUT2D eigenvalue weighted by Gasteiger charge is 2.50. The second-order valence-corrected chi connectivity index (χ2v) is 15.8. The summed E-state index contributed by atoms with van der Waals surface area (Å²) in [4.78, 5) is 0. The Morgan fingerprint density at radius 2 is 2.04 bits per heavy atom. The van der Waals surface area contributed by atoms with E-state index in [0.717, 1.165) is 24.9 Å². The van der Waals surface area contributed by atoms with Crippen LogP contribution in [0.15, 0.2) is 21.8 Å². The molecule has 3 rings (SSSR count). The van der Waals surface area contributed by atoms with Gasteiger partial charge in [0.1, 0.15) is 0 Å². The summed E-state index contributed by atoms with van der Waals surface area (Å²) in [6, 6.07) is 0. The molecule has 2 nitrogen and oxygen atoms in total. The molecule has 0 heterocycles. The van der Waals surface area contributed by atoms with Gasteiger partial charge in [-0.25, -0.2) is 0 Å². The van der Waals surface area contributed by atoms with Crippen LogP contribution in [0.1, 0.15) is 59.3 Å². The second-order valence-electron chi connectivity index (χ2n) is 10.7. The number of hydrogen-bond donors (Lipinski definition) is 0. The molecule has 3 aliphatic carbocycles. The van der Waals surface area contributed by atoms with E-state index in [2.05, 4.69) is 79.2 Å². The zero-order valence-corrected chi connectivity index (χ0v) is 21.3. The highest BCUT2D eigenvalue weighted by molar-refractivity contribution is 14.1. The minimum absolute atomic E-state index is 0.133. The molecule has 0 spiro atoms. The third-order valence-electron chi connectivity index (χ3n) is 7.25. The van der Waals surface area contributed by atoms with Crippen LogP contribution in [0, 0.1) is 23.2 Å². The predicted molar refractivity (Wildman–Crippen MR) is 126 cm³/mol. The molecule has 4 heteroatoms. The van der Waals surface area contributed by atoms with Crippen LogP contribution in [-0.2, 0) is 9.16 Å². The van der Waals surface area contributed by atoms with Gasteiger partial charge in [0.15, 0.2) is 8.32 Å². The summed E-state index contributed by atoms with van der Waals surface area (Å²) >= 11 is 2.47. The van der Waals surface area contributed by atoms with Gasteiger partial charge >= 0.3 is 0 Å². The Hall–Kier alpha value is 0.347. The highest BCUT2D eigenvalue weighted by atomic mass is 127. The van der Waals surface area contributed by atoms with Gasteiger partial charge in [0.05, 0.1) is 18.3 Å². The van der Waals surface area contributed by atoms with Crippen molar-refractivity contribution in [2.24, 2.45) is 23.2 Å². The molecular weight excluding hydrogens is 463 g/mol. The van der Waals surface area contributed by atoms with Gasteiger partial charge in [-0.15, -0.1) is 0 Å². The van der Waals surface area contributed by atoms with Crippen molar-refractivity contribution in [2.45, 2.75) is 90.6 Å². The zero-order valence-electron chi connectivity index (χ0n) is 18.2. The molecule has 2 saturated carbocycles. The van der Waals surface area contributed by atoms with E-state index in [4.69, 9.17) is 9.16 Å². The molecule has 0 saturated heterocycles. The summed E-state index contributed by atoms with van der Waals surface area (Å²) in [6.07, 6.45) is 12.5. The first-order valence-electron chi connectivity index (χ1n) is 10.9. The summed E-state index contributed by atoms with van der Waals surface area (Å²) in [7, 11) is -1.54. The van der Waals surface area contributed by atoms with Crippen LogP contribution in [0.4, 0.5) is 0 Å². The van der Waals surface area contributed by atoms with E-state index in [0.29, 0.717) is 11.3 Å². The average molecular weight is 503 g/mol. The van der Waals surface area contributed by atoms with Crippen molar-refractivity contribution in [3.8, 4) is 0 Å². The highest BCUT2D eigenvalue weighted by Crippen LogP contribution is 2.59. The monoisotopic (exact) mass is 502 g/mol. The maximum atomic E-state index is 6.40. The van der Waals surface area contributed by atoms with Crippen molar-refractivity contribution in [1.82, 2.24) is 0 Å². The summed E-state index contributed by atoms with van der Waals surface area (Å²) in [5, 5.41) is 0. The van der Waals surface area contributed by atoms with Gasteiger partial charge in [-0.3, -0.25) is 0 Å². The molecule has 0 aromatic rings. The smallest absolute Gasteiger partial charge is 0.184 e. The van der Waals surface area contributed by atoms with Crippen LogP contribution in [0.5, 0.6) is 0 Å². The van der Waals surface area contributed by atoms with Crippen molar-refractivity contribution in [1.29, 1.82) is 0 Å². The summed E-state index contributed by atoms with van der Waals surface area (Å²) in [5.74, 6) is 2.24. The zero-order chi connectivity index (χ0) is 19.9. The number of fused-ring (bicyclic) bond motifs is 1. The number of rotatable bonds is 6. The third kappa shape index (κ3) is 4.92. The fourth-order valence-corrected chi connectivity index (χ4v) is 8.57. The summed E-state index contributed by atoms with van der Waals surface area (Å²) in [5.41, 5.74) is 2.07. The van der Waals surface area contributed by atoms with Crippen LogP contribution >= 0.6 is 22.6 Å². The molecule has 0 radical (unpaired) electrons. The molecule has 6 atom stereocenters. The molecular formula is C23H39IO2Si. The molecule has 0 aromatic carbocycles. The Morgan fingerprint density at radius 3 is 2.70 bits per heavy atom. The van der Waals surface area contributed by atoms with Gasteiger partial charge in [0.25, 0.3) is 0 Å². The molecule has 27 heavy (non-hydrogen) atoms. The Kier molecular flexibility index (Phi) is 6.72. The summed E-state index contributed by atoms with van der Waals surface area (Å²) in [6.45, 7) is 14.9. The molecule has 2 fully saturated rings. The van der Waals surface area contributed by atoms with Gasteiger partial charge in [-0.05, 0) is 85.9 Å². The Morgan fingerprint density at radius 1 is 1.30 bits per heavy atom. The van der Waals surface area contributed by atoms with Crippen molar-refractivity contribution >= 4 is 30.9 Å². The SMILES string of the molecule is C[C@@H](CO[C@H]1C=C[C@](C)(O[Si](C)(C)C)C1)[C@H]1CCC2/C(=C/I)CCC[C@@]21C. The normalized spacial score (nSPS) is 41.9. The first kappa shape index (κ1) is 22.0. The number of halogens is 1. The van der Waals surface area contributed by atoms with Gasteiger partial charge in [0, 0.05) is 6.42 Å². The molecule has 0 aliphatic heterocycles. The van der Waals surface area contributed by atoms with Crippen LogP contribution in [0.3, 0.4) is 0 Å². The van der Waals surface area contributed by atoms with Crippen LogP contribution in [-0.4, -0.2) is 26.6 Å². The quantitative estimate of drug-likeness (QED) is 0.219. The maximum absolute atomic E-state index is 6.40. The van der Waals surface area contributed by atoms with E-state index in [1.54, 1.807) is 5.57 Å². The van der Waals surface area contributed by atoms with Gasteiger partial charge in [0.2, 0.25) is 0 Å². The van der Waals surface area contributed by atoms with Crippen molar-refractivity contribution in [3.05, 3.63) is 21.8 Å². The largest absolute Gasteiger partial charge is 0.409 e. The van der Waals surface area contributed by atoms with Gasteiger partial charge < -0.3 is 9.16 Å². The van der Waals surface area contributed by atoms with Crippen LogP contribution in [0.25, 0.3) is 0 Å². The lowest BCUT2D eigenvalue weighted by Gasteiger charge is -2.44. The number of allylic oxidation sites excluding steroid dienone is 1. The van der Waals surface area contributed by atoms with Crippen molar-refractivity contribution in [3.63, 3.8) is 0 Å². The third-order valence-corrected chi connectivity index (χ3v) is 9.13. The number of ether oxygens (including phenoxy) is 1. The molecule has 1 unspecified atom stereocenters. The van der Waals surface area contributed by atoms with E-state index in [-0.39, 0.29) is 11.7 Å². The lowest BCUT2D eigenvalue weighted by atomic mass is 9.61. The lowest BCUT2D eigenvalue weighted by Crippen LogP contribution is -2.39. The number of hydrogen-bond acceptors (Lipinski definition) is 2. The Labute approximate surface area is 181 Å². The van der Waals surface area contributed by atoms with E-state index in [1.165, 1.54) is 32.1 Å². The van der Waals surface area contributed by atoms with E-state index < -0.39 is 8.32 Å². The van der Waals surface area contributed by atoms with Crippen molar-refractivity contribution < 1.29 is 9.16 Å². The molecule has 154 valence electrons. The minimum atomic E-state index is -1.54. The average Bonchev–Trinajstić information content (AvgIpc) is 3.10. The van der Waals surface area contributed by atoms with Crippen LogP contribution in [0.2, 0.25) is 19.6 Å². The fourth-order valence-electron chi connectivity index (χ4n) is 6.27. The van der Waals surface area contributed by atoms with E-state index in [9.17, 15) is 0 Å². The Bertz CT molecular complexity index is 596. The first-order chi connectivity index (χ1) is 12.6. The molecule has 0 bridgehead atoms.